The van der Waals surface area contributed by atoms with Crippen molar-refractivity contribution in [1.82, 2.24) is 0 Å². The molecule has 2 rings (SSSR count). The molecule has 17 heavy (non-hydrogen) atoms. The van der Waals surface area contributed by atoms with Crippen LogP contribution in [-0.2, 0) is 6.42 Å². The first-order valence-corrected chi connectivity index (χ1v) is 5.59. The lowest BCUT2D eigenvalue weighted by molar-refractivity contribution is 0.163. The number of ether oxygens (including phenoxy) is 3. The minimum absolute atomic E-state index is 0.233. The van der Waals surface area contributed by atoms with E-state index in [9.17, 15) is 5.11 Å². The summed E-state index contributed by atoms with van der Waals surface area (Å²) in [5, 5.41) is 9.54. The molecule has 1 atom stereocenters. The normalized spacial score (nSPS) is 15.5. The van der Waals surface area contributed by atoms with Gasteiger partial charge in [0.15, 0.2) is 11.5 Å². The molecule has 0 radical (unpaired) electrons. The molecule has 0 saturated carbocycles. The van der Waals surface area contributed by atoms with Gasteiger partial charge in [0, 0.05) is 6.54 Å². The fraction of sp³-hybridized carbons (Fsp3) is 0.500. The van der Waals surface area contributed by atoms with Crippen LogP contribution in [0.25, 0.3) is 0 Å². The van der Waals surface area contributed by atoms with Crippen molar-refractivity contribution in [1.29, 1.82) is 0 Å². The molecule has 1 aromatic carbocycles. The maximum atomic E-state index is 9.54. The zero-order valence-corrected chi connectivity index (χ0v) is 9.81. The second-order valence-corrected chi connectivity index (χ2v) is 3.92. The van der Waals surface area contributed by atoms with E-state index in [2.05, 4.69) is 0 Å². The average molecular weight is 239 g/mol. The van der Waals surface area contributed by atoms with Gasteiger partial charge in [0.25, 0.3) is 0 Å². The highest BCUT2D eigenvalue weighted by atomic mass is 16.6. The third-order valence-corrected chi connectivity index (χ3v) is 2.63. The molecule has 94 valence electrons. The highest BCUT2D eigenvalue weighted by molar-refractivity contribution is 5.54. The van der Waals surface area contributed by atoms with E-state index in [1.807, 2.05) is 12.1 Å². The number of nitrogens with two attached hydrogens (primary N) is 1. The predicted molar refractivity (Wildman–Crippen MR) is 62.7 cm³/mol. The summed E-state index contributed by atoms with van der Waals surface area (Å²) >= 11 is 0. The second-order valence-electron chi connectivity index (χ2n) is 3.92. The number of methoxy groups -OCH3 is 1. The topological polar surface area (TPSA) is 73.9 Å². The fourth-order valence-electron chi connectivity index (χ4n) is 1.80. The molecule has 1 aliphatic heterocycles. The van der Waals surface area contributed by atoms with Crippen molar-refractivity contribution in [3.63, 3.8) is 0 Å². The quantitative estimate of drug-likeness (QED) is 0.792. The zero-order valence-electron chi connectivity index (χ0n) is 9.81. The Morgan fingerprint density at radius 1 is 1.41 bits per heavy atom. The van der Waals surface area contributed by atoms with Gasteiger partial charge >= 0.3 is 0 Å². The van der Waals surface area contributed by atoms with Crippen LogP contribution in [0.15, 0.2) is 12.1 Å². The Labute approximate surface area is 100 Å². The Hall–Kier alpha value is -1.46. The molecule has 0 spiro atoms. The molecule has 0 bridgehead atoms. The molecule has 0 aromatic heterocycles. The van der Waals surface area contributed by atoms with Gasteiger partial charge in [-0.15, -0.1) is 0 Å². The van der Waals surface area contributed by atoms with Gasteiger partial charge < -0.3 is 25.1 Å². The zero-order chi connectivity index (χ0) is 12.3. The van der Waals surface area contributed by atoms with E-state index >= 15 is 0 Å². The van der Waals surface area contributed by atoms with Gasteiger partial charge in [-0.3, -0.25) is 0 Å². The van der Waals surface area contributed by atoms with Gasteiger partial charge in [0.2, 0.25) is 5.75 Å². The highest BCUT2D eigenvalue weighted by Gasteiger charge is 2.19. The summed E-state index contributed by atoms with van der Waals surface area (Å²) in [4.78, 5) is 0. The van der Waals surface area contributed by atoms with Crippen molar-refractivity contribution in [2.45, 2.75) is 12.5 Å². The minimum Gasteiger partial charge on any atom is -0.493 e. The van der Waals surface area contributed by atoms with E-state index < -0.39 is 6.10 Å². The van der Waals surface area contributed by atoms with E-state index in [1.54, 1.807) is 7.11 Å². The molecule has 0 saturated heterocycles. The Bertz CT molecular complexity index is 377. The highest BCUT2D eigenvalue weighted by Crippen LogP contribution is 2.40. The SMILES string of the molecule is COc1cc(CC(O)CN)cc2c1OCCO2. The molecule has 1 aromatic rings. The molecule has 0 aliphatic carbocycles. The number of fused-ring (bicyclic) bond motifs is 1. The van der Waals surface area contributed by atoms with E-state index in [0.717, 1.165) is 5.56 Å². The third-order valence-electron chi connectivity index (χ3n) is 2.63. The van der Waals surface area contributed by atoms with Crippen molar-refractivity contribution in [3.8, 4) is 17.2 Å². The summed E-state index contributed by atoms with van der Waals surface area (Å²) in [7, 11) is 1.58. The van der Waals surface area contributed by atoms with Crippen LogP contribution in [0, 0.1) is 0 Å². The maximum Gasteiger partial charge on any atom is 0.203 e. The summed E-state index contributed by atoms with van der Waals surface area (Å²) in [6.07, 6.45) is -0.0778. The molecule has 0 amide bonds. The number of rotatable bonds is 4. The second kappa shape index (κ2) is 5.25. The number of hydrogen-bond acceptors (Lipinski definition) is 5. The number of aliphatic hydroxyl groups is 1. The van der Waals surface area contributed by atoms with Crippen LogP contribution in [0.3, 0.4) is 0 Å². The van der Waals surface area contributed by atoms with Crippen LogP contribution >= 0.6 is 0 Å². The third kappa shape index (κ3) is 2.62. The molecule has 0 fully saturated rings. The van der Waals surface area contributed by atoms with Crippen LogP contribution in [0.5, 0.6) is 17.2 Å². The first-order valence-electron chi connectivity index (χ1n) is 5.59. The first kappa shape index (κ1) is 12.0. The monoisotopic (exact) mass is 239 g/mol. The van der Waals surface area contributed by atoms with E-state index in [4.69, 9.17) is 19.9 Å². The summed E-state index contributed by atoms with van der Waals surface area (Å²) < 4.78 is 16.2. The van der Waals surface area contributed by atoms with Gasteiger partial charge in [-0.2, -0.15) is 0 Å². The van der Waals surface area contributed by atoms with Gasteiger partial charge in [-0.05, 0) is 24.1 Å². The van der Waals surface area contributed by atoms with Crippen LogP contribution in [0.1, 0.15) is 5.56 Å². The Morgan fingerprint density at radius 3 is 2.88 bits per heavy atom. The first-order chi connectivity index (χ1) is 8.24. The number of aliphatic hydroxyl groups excluding tert-OH is 1. The molecular weight excluding hydrogens is 222 g/mol. The van der Waals surface area contributed by atoms with E-state index in [0.29, 0.717) is 36.9 Å². The number of hydrogen-bond donors (Lipinski definition) is 2. The summed E-state index contributed by atoms with van der Waals surface area (Å²) in [5.41, 5.74) is 6.31. The van der Waals surface area contributed by atoms with Crippen LogP contribution in [0.2, 0.25) is 0 Å². The van der Waals surface area contributed by atoms with Crippen molar-refractivity contribution < 1.29 is 19.3 Å². The maximum absolute atomic E-state index is 9.54. The summed E-state index contributed by atoms with van der Waals surface area (Å²) in [6, 6.07) is 3.70. The minimum atomic E-state index is -0.553. The van der Waals surface area contributed by atoms with Crippen molar-refractivity contribution in [2.24, 2.45) is 5.73 Å². The molecule has 3 N–H and O–H groups in total. The van der Waals surface area contributed by atoms with Crippen LogP contribution < -0.4 is 19.9 Å². The van der Waals surface area contributed by atoms with Crippen molar-refractivity contribution >= 4 is 0 Å². The average Bonchev–Trinajstić information content (AvgIpc) is 2.37. The lowest BCUT2D eigenvalue weighted by Gasteiger charge is -2.21. The van der Waals surface area contributed by atoms with E-state index in [-0.39, 0.29) is 6.54 Å². The smallest absolute Gasteiger partial charge is 0.203 e. The lowest BCUT2D eigenvalue weighted by Crippen LogP contribution is -2.22. The van der Waals surface area contributed by atoms with Crippen LogP contribution in [0.4, 0.5) is 0 Å². The summed E-state index contributed by atoms with van der Waals surface area (Å²) in [6.45, 7) is 1.28. The number of benzene rings is 1. The van der Waals surface area contributed by atoms with E-state index in [1.165, 1.54) is 0 Å². The Morgan fingerprint density at radius 2 is 2.18 bits per heavy atom. The molecule has 5 nitrogen and oxygen atoms in total. The van der Waals surface area contributed by atoms with Crippen LogP contribution in [-0.4, -0.2) is 38.1 Å². The molecule has 1 aliphatic rings. The molecule has 1 unspecified atom stereocenters. The van der Waals surface area contributed by atoms with Crippen molar-refractivity contribution in [3.05, 3.63) is 17.7 Å². The molecule has 1 heterocycles. The van der Waals surface area contributed by atoms with Gasteiger partial charge in [0.05, 0.1) is 13.2 Å². The van der Waals surface area contributed by atoms with Gasteiger partial charge in [-0.25, -0.2) is 0 Å². The fourth-order valence-corrected chi connectivity index (χ4v) is 1.80. The lowest BCUT2D eigenvalue weighted by atomic mass is 10.1. The summed E-state index contributed by atoms with van der Waals surface area (Å²) in [5.74, 6) is 1.92. The predicted octanol–water partition coefficient (Wildman–Crippen LogP) is 0.328. The van der Waals surface area contributed by atoms with Gasteiger partial charge in [-0.1, -0.05) is 0 Å². The largest absolute Gasteiger partial charge is 0.493 e. The standard InChI is InChI=1S/C12H17NO4/c1-15-10-5-8(4-9(14)7-13)6-11-12(10)17-3-2-16-11/h5-6,9,14H,2-4,7,13H2,1H3. The molecular formula is C12H17NO4. The Kier molecular flexibility index (Phi) is 3.71. The Balaban J connectivity index is 2.29. The van der Waals surface area contributed by atoms with Crippen molar-refractivity contribution in [2.75, 3.05) is 26.9 Å². The molecule has 5 heteroatoms. The van der Waals surface area contributed by atoms with Gasteiger partial charge in [0.1, 0.15) is 13.2 Å².